The normalized spacial score (nSPS) is 17.6. The maximum absolute atomic E-state index is 13.7. The molecule has 0 aliphatic carbocycles. The Morgan fingerprint density at radius 2 is 2.09 bits per heavy atom. The van der Waals surface area contributed by atoms with Crippen LogP contribution in [0, 0.1) is 0 Å². The summed E-state index contributed by atoms with van der Waals surface area (Å²) < 4.78 is 43.0. The zero-order valence-corrected chi connectivity index (χ0v) is 18.7. The van der Waals surface area contributed by atoms with Gasteiger partial charge in [-0.2, -0.15) is 18.3 Å². The second-order valence-corrected chi connectivity index (χ2v) is 8.80. The zero-order chi connectivity index (χ0) is 24.0. The Hall–Kier alpha value is -3.47. The van der Waals surface area contributed by atoms with Crippen molar-refractivity contribution >= 4 is 16.7 Å². The fraction of sp³-hybridized carbons (Fsp3) is 0.391. The number of H-pyrrole nitrogens is 1. The fourth-order valence-electron chi connectivity index (χ4n) is 4.41. The smallest absolute Gasteiger partial charge is 0.391 e. The van der Waals surface area contributed by atoms with Crippen LogP contribution in [0.2, 0.25) is 0 Å². The van der Waals surface area contributed by atoms with E-state index in [0.29, 0.717) is 41.8 Å². The lowest BCUT2D eigenvalue weighted by atomic mass is 9.95. The maximum atomic E-state index is 13.7. The van der Waals surface area contributed by atoms with E-state index >= 15 is 0 Å². The molecule has 0 unspecified atom stereocenters. The highest BCUT2D eigenvalue weighted by molar-refractivity contribution is 5.97. The van der Waals surface area contributed by atoms with Gasteiger partial charge in [0.05, 0.1) is 11.8 Å². The molecule has 34 heavy (non-hydrogen) atoms. The molecule has 0 saturated carbocycles. The summed E-state index contributed by atoms with van der Waals surface area (Å²) in [5.74, 6) is 0.949. The van der Waals surface area contributed by atoms with Crippen molar-refractivity contribution in [1.29, 1.82) is 0 Å². The number of fused-ring (bicyclic) bond motifs is 1. The minimum atomic E-state index is -4.61. The molecule has 2 N–H and O–H groups in total. The Morgan fingerprint density at radius 3 is 2.76 bits per heavy atom. The highest BCUT2D eigenvalue weighted by Crippen LogP contribution is 2.38. The van der Waals surface area contributed by atoms with E-state index in [0.717, 1.165) is 17.5 Å². The van der Waals surface area contributed by atoms with Crippen LogP contribution >= 0.6 is 0 Å². The molecule has 8 nitrogen and oxygen atoms in total. The molecular weight excluding hydrogens is 447 g/mol. The van der Waals surface area contributed by atoms with E-state index in [-0.39, 0.29) is 18.0 Å². The number of aliphatic hydroxyl groups excluding tert-OH is 1. The Kier molecular flexibility index (Phi) is 5.51. The molecule has 1 fully saturated rings. The Bertz CT molecular complexity index is 1330. The lowest BCUT2D eigenvalue weighted by Crippen LogP contribution is -2.22. The summed E-state index contributed by atoms with van der Waals surface area (Å²) in [6.45, 7) is 2.79. The van der Waals surface area contributed by atoms with Gasteiger partial charge in [-0.1, -0.05) is 25.1 Å². The van der Waals surface area contributed by atoms with E-state index in [1.165, 1.54) is 0 Å². The minimum absolute atomic E-state index is 0.105. The van der Waals surface area contributed by atoms with Gasteiger partial charge in [-0.15, -0.1) is 10.2 Å². The number of anilines is 1. The number of β-amino-alcohol motifs (C(OH)–C–C–N with tert-alkyl or cyclic N) is 1. The van der Waals surface area contributed by atoms with Crippen LogP contribution in [0.5, 0.6) is 0 Å². The molecule has 3 aromatic heterocycles. The number of halogens is 3. The van der Waals surface area contributed by atoms with Crippen LogP contribution in [0.1, 0.15) is 36.3 Å². The van der Waals surface area contributed by atoms with Gasteiger partial charge in [0.25, 0.3) is 0 Å². The number of aromatic amines is 1. The lowest BCUT2D eigenvalue weighted by Gasteiger charge is -2.20. The Labute approximate surface area is 193 Å². The number of alkyl halides is 3. The van der Waals surface area contributed by atoms with Gasteiger partial charge in [0.15, 0.2) is 0 Å². The number of pyridine rings is 1. The van der Waals surface area contributed by atoms with E-state index in [1.54, 1.807) is 11.2 Å². The number of aryl methyl sites for hydroxylation is 1. The first kappa shape index (κ1) is 22.3. The zero-order valence-electron chi connectivity index (χ0n) is 18.7. The summed E-state index contributed by atoms with van der Waals surface area (Å²) >= 11 is 0. The average molecular weight is 471 g/mol. The van der Waals surface area contributed by atoms with Crippen molar-refractivity contribution in [3.63, 3.8) is 0 Å². The van der Waals surface area contributed by atoms with Crippen molar-refractivity contribution in [1.82, 2.24) is 29.9 Å². The van der Waals surface area contributed by atoms with Gasteiger partial charge >= 0.3 is 6.18 Å². The maximum Gasteiger partial charge on any atom is 0.433 e. The van der Waals surface area contributed by atoms with Crippen molar-refractivity contribution in [2.75, 3.05) is 18.0 Å². The van der Waals surface area contributed by atoms with Gasteiger partial charge in [0, 0.05) is 32.1 Å². The summed E-state index contributed by atoms with van der Waals surface area (Å²) in [6.07, 6.45) is -2.37. The van der Waals surface area contributed by atoms with Crippen LogP contribution in [0.25, 0.3) is 22.3 Å². The van der Waals surface area contributed by atoms with Gasteiger partial charge in [0.1, 0.15) is 34.6 Å². The number of nitrogens with zero attached hydrogens (tertiary/aromatic N) is 6. The van der Waals surface area contributed by atoms with Gasteiger partial charge in [0.2, 0.25) is 0 Å². The predicted molar refractivity (Wildman–Crippen MR) is 120 cm³/mol. The summed E-state index contributed by atoms with van der Waals surface area (Å²) in [5.41, 5.74) is 1.98. The number of rotatable bonds is 5. The molecular formula is C23H24F3N7O. The van der Waals surface area contributed by atoms with Crippen LogP contribution in [-0.4, -0.2) is 54.2 Å². The van der Waals surface area contributed by atoms with E-state index in [1.807, 2.05) is 35.9 Å². The number of nitrogens with one attached hydrogen (secondary N) is 1. The average Bonchev–Trinajstić information content (AvgIpc) is 3.53. The van der Waals surface area contributed by atoms with Crippen molar-refractivity contribution < 1.29 is 18.3 Å². The lowest BCUT2D eigenvalue weighted by molar-refractivity contribution is -0.140. The largest absolute Gasteiger partial charge is 0.433 e. The molecule has 0 amide bonds. The van der Waals surface area contributed by atoms with Crippen molar-refractivity contribution in [3.8, 4) is 11.3 Å². The van der Waals surface area contributed by atoms with Gasteiger partial charge in [-0.3, -0.25) is 5.10 Å². The predicted octanol–water partition coefficient (Wildman–Crippen LogP) is 3.69. The molecule has 4 aromatic rings. The SMILES string of the molecule is C[C@H](Cc1nncn1C)c1cccc(-c2n[nH]c3c(N4CC[C@@H](O)C4)cc(C(F)(F)F)nc23)c1. The van der Waals surface area contributed by atoms with Gasteiger partial charge in [-0.25, -0.2) is 4.98 Å². The summed E-state index contributed by atoms with van der Waals surface area (Å²) in [5, 5.41) is 25.2. The van der Waals surface area contributed by atoms with Crippen LogP contribution < -0.4 is 4.90 Å². The van der Waals surface area contributed by atoms with Crippen molar-refractivity contribution in [2.45, 2.75) is 38.0 Å². The molecule has 0 bridgehead atoms. The third-order valence-electron chi connectivity index (χ3n) is 6.32. The van der Waals surface area contributed by atoms with Crippen LogP contribution in [0.3, 0.4) is 0 Å². The number of hydrogen-bond acceptors (Lipinski definition) is 6. The summed E-state index contributed by atoms with van der Waals surface area (Å²) in [7, 11) is 1.88. The molecule has 4 heterocycles. The molecule has 11 heteroatoms. The first-order valence-corrected chi connectivity index (χ1v) is 11.0. The number of aromatic nitrogens is 6. The van der Waals surface area contributed by atoms with Crippen molar-refractivity contribution in [3.05, 3.63) is 53.7 Å². The molecule has 0 spiro atoms. The third-order valence-corrected chi connectivity index (χ3v) is 6.32. The highest BCUT2D eigenvalue weighted by atomic mass is 19.4. The minimum Gasteiger partial charge on any atom is -0.391 e. The molecule has 1 aliphatic heterocycles. The first-order chi connectivity index (χ1) is 16.2. The third kappa shape index (κ3) is 4.11. The molecule has 1 saturated heterocycles. The van der Waals surface area contributed by atoms with Gasteiger partial charge in [-0.05, 0) is 30.0 Å². The first-order valence-electron chi connectivity index (χ1n) is 11.0. The molecule has 1 aromatic carbocycles. The molecule has 5 rings (SSSR count). The highest BCUT2D eigenvalue weighted by Gasteiger charge is 2.35. The Morgan fingerprint density at radius 1 is 1.26 bits per heavy atom. The van der Waals surface area contributed by atoms with E-state index in [9.17, 15) is 18.3 Å². The standard InChI is InChI=1S/C23H24F3N7O/c1-13(8-19-29-27-12-32(19)2)14-4-3-5-15(9-14)20-22-21(31-30-20)17(33-7-6-16(34)11-33)10-18(28-22)23(24,25)26/h3-5,9-10,12-13,16,34H,6-8,11H2,1-2H3,(H,30,31)/t13-,16-/m1/s1. The fourth-order valence-corrected chi connectivity index (χ4v) is 4.41. The number of aliphatic hydroxyl groups is 1. The second-order valence-electron chi connectivity index (χ2n) is 8.80. The van der Waals surface area contributed by atoms with Crippen LogP contribution in [-0.2, 0) is 19.6 Å². The second kappa shape index (κ2) is 8.39. The number of benzene rings is 1. The monoisotopic (exact) mass is 471 g/mol. The topological polar surface area (TPSA) is 95.8 Å². The number of hydrogen-bond donors (Lipinski definition) is 2. The Balaban J connectivity index is 1.56. The molecule has 0 radical (unpaired) electrons. The van der Waals surface area contributed by atoms with Gasteiger partial charge < -0.3 is 14.6 Å². The van der Waals surface area contributed by atoms with Crippen LogP contribution in [0.4, 0.5) is 18.9 Å². The molecule has 178 valence electrons. The quantitative estimate of drug-likeness (QED) is 0.461. The summed E-state index contributed by atoms with van der Waals surface area (Å²) in [6, 6.07) is 8.61. The van der Waals surface area contributed by atoms with Crippen molar-refractivity contribution in [2.24, 2.45) is 7.05 Å². The van der Waals surface area contributed by atoms with E-state index < -0.39 is 18.0 Å². The van der Waals surface area contributed by atoms with E-state index in [4.69, 9.17) is 0 Å². The van der Waals surface area contributed by atoms with Crippen LogP contribution in [0.15, 0.2) is 36.7 Å². The molecule has 1 aliphatic rings. The van der Waals surface area contributed by atoms with E-state index in [2.05, 4.69) is 32.3 Å². The molecule has 2 atom stereocenters. The summed E-state index contributed by atoms with van der Waals surface area (Å²) in [4.78, 5) is 5.69.